The van der Waals surface area contributed by atoms with Crippen molar-refractivity contribution in [3.63, 3.8) is 0 Å². The molecule has 1 amide bonds. The Morgan fingerprint density at radius 1 is 1.15 bits per heavy atom. The second kappa shape index (κ2) is 6.91. The van der Waals surface area contributed by atoms with Gasteiger partial charge in [0.05, 0.1) is 17.1 Å². The molecule has 0 atom stereocenters. The minimum atomic E-state index is -0.223. The summed E-state index contributed by atoms with van der Waals surface area (Å²) in [5.74, 6) is 1.26. The summed E-state index contributed by atoms with van der Waals surface area (Å²) in [4.78, 5) is 23.9. The van der Waals surface area contributed by atoms with Crippen LogP contribution in [0.3, 0.4) is 0 Å². The number of nitrogens with zero attached hydrogens (tertiary/aromatic N) is 3. The zero-order valence-electron chi connectivity index (χ0n) is 15.5. The lowest BCUT2D eigenvalue weighted by atomic mass is 9.82. The highest BCUT2D eigenvalue weighted by Crippen LogP contribution is 2.45. The predicted molar refractivity (Wildman–Crippen MR) is 106 cm³/mol. The van der Waals surface area contributed by atoms with Crippen LogP contribution in [0.15, 0.2) is 30.5 Å². The molecule has 2 fully saturated rings. The summed E-state index contributed by atoms with van der Waals surface area (Å²) in [5, 5.41) is 0. The molecule has 5 nitrogen and oxygen atoms in total. The van der Waals surface area contributed by atoms with Gasteiger partial charge in [-0.2, -0.15) is 0 Å². The molecule has 2 aromatic heterocycles. The summed E-state index contributed by atoms with van der Waals surface area (Å²) in [7, 11) is 0. The molecule has 0 bridgehead atoms. The van der Waals surface area contributed by atoms with E-state index in [-0.39, 0.29) is 11.5 Å². The van der Waals surface area contributed by atoms with Crippen molar-refractivity contribution < 1.29 is 9.53 Å². The van der Waals surface area contributed by atoms with Crippen molar-refractivity contribution in [2.75, 3.05) is 37.7 Å². The molecular weight excluding hydrogens is 358 g/mol. The van der Waals surface area contributed by atoms with Gasteiger partial charge >= 0.3 is 0 Å². The Labute approximate surface area is 164 Å². The summed E-state index contributed by atoms with van der Waals surface area (Å²) in [6, 6.07) is 8.21. The van der Waals surface area contributed by atoms with Crippen LogP contribution >= 0.6 is 11.3 Å². The zero-order valence-corrected chi connectivity index (χ0v) is 16.3. The van der Waals surface area contributed by atoms with Crippen LogP contribution in [0.2, 0.25) is 0 Å². The number of thiophene rings is 1. The molecular formula is C21H25N3O2S. The third-order valence-electron chi connectivity index (χ3n) is 6.16. The minimum absolute atomic E-state index is 0.216. The molecule has 5 rings (SSSR count). The van der Waals surface area contributed by atoms with Crippen molar-refractivity contribution in [1.82, 2.24) is 9.88 Å². The summed E-state index contributed by atoms with van der Waals surface area (Å²) in [6.45, 7) is 4.43. The maximum absolute atomic E-state index is 12.9. The standard InChI is InChI=1S/C21H25N3O2S/c25-20(24-10-3-4-11-24)18-15-16-17(27-18)6-14-26-21(16)7-12-23(13-8-21)19-5-1-2-9-22-19/h1-2,5,9,15H,3-4,6-8,10-14H2. The molecule has 0 aliphatic carbocycles. The highest BCUT2D eigenvalue weighted by atomic mass is 32.1. The topological polar surface area (TPSA) is 45.7 Å². The molecule has 2 saturated heterocycles. The number of likely N-dealkylation sites (tertiary alicyclic amines) is 1. The van der Waals surface area contributed by atoms with Gasteiger partial charge in [0.25, 0.3) is 5.91 Å². The smallest absolute Gasteiger partial charge is 0.263 e. The number of pyridine rings is 1. The summed E-state index contributed by atoms with van der Waals surface area (Å²) >= 11 is 1.70. The van der Waals surface area contributed by atoms with Gasteiger partial charge in [-0.25, -0.2) is 4.98 Å². The molecule has 6 heteroatoms. The Kier molecular flexibility index (Phi) is 4.40. The van der Waals surface area contributed by atoms with Crippen LogP contribution in [0.4, 0.5) is 5.82 Å². The van der Waals surface area contributed by atoms with Crippen LogP contribution in [-0.4, -0.2) is 48.6 Å². The Morgan fingerprint density at radius 3 is 2.70 bits per heavy atom. The maximum atomic E-state index is 12.9. The SMILES string of the molecule is O=C(c1cc2c(s1)CCOC21CCN(c2ccccn2)CC1)N1CCCC1. The Balaban J connectivity index is 1.38. The van der Waals surface area contributed by atoms with E-state index >= 15 is 0 Å². The van der Waals surface area contributed by atoms with Crippen molar-refractivity contribution in [1.29, 1.82) is 0 Å². The van der Waals surface area contributed by atoms with Crippen LogP contribution in [0.5, 0.6) is 0 Å². The van der Waals surface area contributed by atoms with E-state index in [1.54, 1.807) is 11.3 Å². The lowest BCUT2D eigenvalue weighted by Gasteiger charge is -2.44. The molecule has 1 spiro atoms. The number of carbonyl (C=O) groups is 1. The zero-order chi connectivity index (χ0) is 18.3. The van der Waals surface area contributed by atoms with Crippen LogP contribution < -0.4 is 4.90 Å². The number of rotatable bonds is 2. The van der Waals surface area contributed by atoms with Gasteiger partial charge in [-0.3, -0.25) is 4.79 Å². The highest BCUT2D eigenvalue weighted by molar-refractivity contribution is 7.14. The van der Waals surface area contributed by atoms with Crippen LogP contribution in [0, 0.1) is 0 Å². The third-order valence-corrected chi connectivity index (χ3v) is 7.34. The first-order chi connectivity index (χ1) is 13.3. The Morgan fingerprint density at radius 2 is 1.96 bits per heavy atom. The number of piperidine rings is 1. The van der Waals surface area contributed by atoms with Crippen molar-refractivity contribution in [3.05, 3.63) is 45.8 Å². The van der Waals surface area contributed by atoms with Gasteiger partial charge in [-0.15, -0.1) is 11.3 Å². The largest absolute Gasteiger partial charge is 0.370 e. The van der Waals surface area contributed by atoms with Crippen molar-refractivity contribution in [2.45, 2.75) is 37.7 Å². The molecule has 0 aromatic carbocycles. The van der Waals surface area contributed by atoms with Crippen LogP contribution in [0.1, 0.15) is 45.8 Å². The number of ether oxygens (including phenoxy) is 1. The molecule has 5 heterocycles. The summed E-state index contributed by atoms with van der Waals surface area (Å²) in [6.07, 6.45) is 6.94. The highest BCUT2D eigenvalue weighted by Gasteiger charge is 2.42. The van der Waals surface area contributed by atoms with Gasteiger partial charge in [0, 0.05) is 43.7 Å². The number of fused-ring (bicyclic) bond motifs is 2. The molecule has 3 aliphatic rings. The molecule has 0 N–H and O–H groups in total. The minimum Gasteiger partial charge on any atom is -0.370 e. The fourth-order valence-corrected chi connectivity index (χ4v) is 5.85. The lowest BCUT2D eigenvalue weighted by molar-refractivity contribution is -0.0757. The number of aromatic nitrogens is 1. The first-order valence-electron chi connectivity index (χ1n) is 9.98. The molecule has 0 radical (unpaired) electrons. The van der Waals surface area contributed by atoms with Crippen LogP contribution in [0.25, 0.3) is 0 Å². The number of carbonyl (C=O) groups excluding carboxylic acids is 1. The van der Waals surface area contributed by atoms with E-state index in [0.29, 0.717) is 0 Å². The van der Waals surface area contributed by atoms with E-state index < -0.39 is 0 Å². The van der Waals surface area contributed by atoms with Gasteiger partial charge in [0.2, 0.25) is 0 Å². The van der Waals surface area contributed by atoms with E-state index in [1.165, 1.54) is 10.4 Å². The van der Waals surface area contributed by atoms with Crippen molar-refractivity contribution >= 4 is 23.1 Å². The van der Waals surface area contributed by atoms with Gasteiger partial charge in [0.1, 0.15) is 5.82 Å². The average molecular weight is 384 g/mol. The second-order valence-corrected chi connectivity index (χ2v) is 8.85. The van der Waals surface area contributed by atoms with E-state index in [1.807, 2.05) is 23.2 Å². The van der Waals surface area contributed by atoms with E-state index in [4.69, 9.17) is 4.74 Å². The van der Waals surface area contributed by atoms with Gasteiger partial charge in [-0.05, 0) is 49.4 Å². The fraction of sp³-hybridized carbons (Fsp3) is 0.524. The lowest BCUT2D eigenvalue weighted by Crippen LogP contribution is -2.46. The maximum Gasteiger partial charge on any atom is 0.263 e. The van der Waals surface area contributed by atoms with E-state index in [9.17, 15) is 4.79 Å². The molecule has 27 heavy (non-hydrogen) atoms. The molecule has 3 aliphatic heterocycles. The average Bonchev–Trinajstić information content (AvgIpc) is 3.40. The quantitative estimate of drug-likeness (QED) is 0.797. The fourth-order valence-electron chi connectivity index (χ4n) is 4.65. The monoisotopic (exact) mass is 383 g/mol. The normalized spacial score (nSPS) is 21.5. The van der Waals surface area contributed by atoms with Crippen molar-refractivity contribution in [2.24, 2.45) is 0 Å². The number of amides is 1. The summed E-state index contributed by atoms with van der Waals surface area (Å²) < 4.78 is 6.37. The molecule has 2 aromatic rings. The molecule has 142 valence electrons. The van der Waals surface area contributed by atoms with E-state index in [2.05, 4.69) is 22.0 Å². The number of anilines is 1. The second-order valence-electron chi connectivity index (χ2n) is 7.71. The van der Waals surface area contributed by atoms with Gasteiger partial charge in [-0.1, -0.05) is 6.07 Å². The van der Waals surface area contributed by atoms with Crippen molar-refractivity contribution in [3.8, 4) is 0 Å². The molecule has 0 unspecified atom stereocenters. The molecule has 0 saturated carbocycles. The van der Waals surface area contributed by atoms with Crippen LogP contribution in [-0.2, 0) is 16.8 Å². The Hall–Kier alpha value is -1.92. The van der Waals surface area contributed by atoms with E-state index in [0.717, 1.165) is 75.6 Å². The number of hydrogen-bond acceptors (Lipinski definition) is 5. The first-order valence-corrected chi connectivity index (χ1v) is 10.8. The predicted octanol–water partition coefficient (Wildman–Crippen LogP) is 3.45. The van der Waals surface area contributed by atoms with Gasteiger partial charge in [0.15, 0.2) is 0 Å². The Bertz CT molecular complexity index is 821. The van der Waals surface area contributed by atoms with Gasteiger partial charge < -0.3 is 14.5 Å². The summed E-state index contributed by atoms with van der Waals surface area (Å²) in [5.41, 5.74) is 1.06. The first kappa shape index (κ1) is 17.2. The third kappa shape index (κ3) is 3.05. The number of hydrogen-bond donors (Lipinski definition) is 0.